The van der Waals surface area contributed by atoms with Crippen molar-refractivity contribution in [1.82, 2.24) is 25.2 Å². The Bertz CT molecular complexity index is 1090. The Kier molecular flexibility index (Phi) is 5.41. The fraction of sp³-hybridized carbons (Fsp3) is 0.409. The van der Waals surface area contributed by atoms with Crippen molar-refractivity contribution >= 4 is 28.7 Å². The van der Waals surface area contributed by atoms with Crippen molar-refractivity contribution in [3.05, 3.63) is 41.8 Å². The van der Waals surface area contributed by atoms with Crippen LogP contribution in [0.1, 0.15) is 13.3 Å². The molecule has 5 heterocycles. The molecule has 162 valence electrons. The normalized spacial score (nSPS) is 20.1. The van der Waals surface area contributed by atoms with E-state index in [1.54, 1.807) is 10.7 Å². The van der Waals surface area contributed by atoms with Gasteiger partial charge in [0, 0.05) is 56.8 Å². The van der Waals surface area contributed by atoms with E-state index in [4.69, 9.17) is 21.3 Å². The summed E-state index contributed by atoms with van der Waals surface area (Å²) in [6.45, 7) is 6.54. The van der Waals surface area contributed by atoms with Gasteiger partial charge < -0.3 is 20.3 Å². The maximum atomic E-state index is 11.6. The summed E-state index contributed by atoms with van der Waals surface area (Å²) in [4.78, 5) is 18.6. The first kappa shape index (κ1) is 20.1. The third kappa shape index (κ3) is 4.05. The Hall–Kier alpha value is -2.84. The minimum Gasteiger partial charge on any atom is -0.488 e. The monoisotopic (exact) mass is 440 g/mol. The second-order valence-corrected chi connectivity index (χ2v) is 8.52. The molecule has 3 aromatic rings. The molecular formula is C22H25ClN6O2. The molecule has 2 saturated heterocycles. The van der Waals surface area contributed by atoms with Gasteiger partial charge >= 0.3 is 0 Å². The minimum absolute atomic E-state index is 0.0653. The topological polar surface area (TPSA) is 83.8 Å². The van der Waals surface area contributed by atoms with Crippen molar-refractivity contribution in [1.29, 1.82) is 0 Å². The Morgan fingerprint density at radius 3 is 2.81 bits per heavy atom. The first-order valence-corrected chi connectivity index (χ1v) is 11.0. The predicted octanol–water partition coefficient (Wildman–Crippen LogP) is 2.36. The number of hydrogen-bond donors (Lipinski definition) is 2. The quantitative estimate of drug-likeness (QED) is 0.633. The number of aromatic nitrogens is 3. The summed E-state index contributed by atoms with van der Waals surface area (Å²) in [6.07, 6.45) is 5.76. The number of nitrogens with zero attached hydrogens (tertiary/aromatic N) is 4. The number of piperazine rings is 1. The average molecular weight is 441 g/mol. The number of amides is 1. The van der Waals surface area contributed by atoms with E-state index in [-0.39, 0.29) is 17.9 Å². The fourth-order valence-electron chi connectivity index (χ4n) is 4.20. The Labute approximate surface area is 185 Å². The molecular weight excluding hydrogens is 416 g/mol. The Morgan fingerprint density at radius 1 is 1.26 bits per heavy atom. The van der Waals surface area contributed by atoms with Gasteiger partial charge in [0.05, 0.1) is 28.8 Å². The van der Waals surface area contributed by atoms with E-state index in [0.29, 0.717) is 29.3 Å². The third-order valence-electron chi connectivity index (χ3n) is 6.04. The number of halogens is 1. The highest BCUT2D eigenvalue weighted by molar-refractivity contribution is 6.34. The van der Waals surface area contributed by atoms with Gasteiger partial charge in [0.1, 0.15) is 17.4 Å². The summed E-state index contributed by atoms with van der Waals surface area (Å²) < 4.78 is 8.03. The van der Waals surface area contributed by atoms with Gasteiger partial charge in [0.25, 0.3) is 0 Å². The van der Waals surface area contributed by atoms with Crippen LogP contribution in [0.15, 0.2) is 36.8 Å². The van der Waals surface area contributed by atoms with E-state index in [2.05, 4.69) is 26.7 Å². The van der Waals surface area contributed by atoms with E-state index < -0.39 is 0 Å². The maximum Gasteiger partial charge on any atom is 0.220 e. The standard InChI is InChI=1S/C22H25ClN6O2/c1-14(15-9-21(30)26-10-15)31-20-8-16(13-29-22(20)18(23)12-27-29)19-3-2-17(11-25-19)28-6-4-24-5-7-28/h2-3,8,11-15,24H,4-7,9-10H2,1H3,(H,26,30)/t14-,15?/m1/s1. The van der Waals surface area contributed by atoms with Crippen molar-refractivity contribution < 1.29 is 9.53 Å². The number of rotatable bonds is 5. The molecule has 0 radical (unpaired) electrons. The molecule has 5 rings (SSSR count). The largest absolute Gasteiger partial charge is 0.488 e. The van der Waals surface area contributed by atoms with Gasteiger partial charge in [-0.25, -0.2) is 4.52 Å². The lowest BCUT2D eigenvalue weighted by molar-refractivity contribution is -0.119. The lowest BCUT2D eigenvalue weighted by atomic mass is 10.0. The van der Waals surface area contributed by atoms with Gasteiger partial charge in [0.15, 0.2) is 0 Å². The smallest absolute Gasteiger partial charge is 0.220 e. The van der Waals surface area contributed by atoms with Crippen LogP contribution >= 0.6 is 11.6 Å². The third-order valence-corrected chi connectivity index (χ3v) is 6.32. The molecule has 2 aliphatic heterocycles. The molecule has 8 nitrogen and oxygen atoms in total. The first-order valence-electron chi connectivity index (χ1n) is 10.6. The number of anilines is 1. The van der Waals surface area contributed by atoms with Crippen molar-refractivity contribution in [2.24, 2.45) is 5.92 Å². The zero-order valence-corrected chi connectivity index (χ0v) is 18.1. The van der Waals surface area contributed by atoms with Crippen LogP contribution in [0.2, 0.25) is 5.02 Å². The number of nitrogens with one attached hydrogen (secondary N) is 2. The van der Waals surface area contributed by atoms with Gasteiger partial charge in [-0.05, 0) is 25.1 Å². The molecule has 31 heavy (non-hydrogen) atoms. The summed E-state index contributed by atoms with van der Waals surface area (Å²) in [5, 5.41) is 11.1. The molecule has 9 heteroatoms. The highest BCUT2D eigenvalue weighted by atomic mass is 35.5. The zero-order chi connectivity index (χ0) is 21.4. The number of pyridine rings is 2. The SMILES string of the molecule is C[C@@H](Oc1cc(-c2ccc(N3CCNCC3)cn2)cn2ncc(Cl)c12)C1CNC(=O)C1. The number of hydrogen-bond acceptors (Lipinski definition) is 6. The minimum atomic E-state index is -0.146. The highest BCUT2D eigenvalue weighted by Crippen LogP contribution is 2.33. The maximum absolute atomic E-state index is 11.6. The average Bonchev–Trinajstić information content (AvgIpc) is 3.40. The van der Waals surface area contributed by atoms with Crippen LogP contribution in [0.25, 0.3) is 16.8 Å². The lowest BCUT2D eigenvalue weighted by Gasteiger charge is -2.29. The molecule has 1 amide bonds. The van der Waals surface area contributed by atoms with Crippen molar-refractivity contribution in [3.8, 4) is 17.0 Å². The molecule has 2 atom stereocenters. The molecule has 1 unspecified atom stereocenters. The van der Waals surface area contributed by atoms with E-state index >= 15 is 0 Å². The van der Waals surface area contributed by atoms with Crippen LogP contribution in [0.5, 0.6) is 5.75 Å². The molecule has 2 fully saturated rings. The second-order valence-electron chi connectivity index (χ2n) is 8.11. The molecule has 0 saturated carbocycles. The fourth-order valence-corrected chi connectivity index (χ4v) is 4.42. The van der Waals surface area contributed by atoms with Gasteiger partial charge in [0.2, 0.25) is 5.91 Å². The summed E-state index contributed by atoms with van der Waals surface area (Å²) >= 11 is 6.39. The zero-order valence-electron chi connectivity index (χ0n) is 17.3. The first-order chi connectivity index (χ1) is 15.1. The van der Waals surface area contributed by atoms with Crippen molar-refractivity contribution in [2.75, 3.05) is 37.6 Å². The molecule has 2 N–H and O–H groups in total. The molecule has 0 spiro atoms. The van der Waals surface area contributed by atoms with Gasteiger partial charge in [-0.2, -0.15) is 5.10 Å². The molecule has 2 aliphatic rings. The van der Waals surface area contributed by atoms with Crippen LogP contribution in [0, 0.1) is 5.92 Å². The molecule has 0 bridgehead atoms. The predicted molar refractivity (Wildman–Crippen MR) is 120 cm³/mol. The number of carbonyl (C=O) groups excluding carboxylic acids is 1. The molecule has 0 aromatic carbocycles. The van der Waals surface area contributed by atoms with Crippen LogP contribution in [-0.2, 0) is 4.79 Å². The highest BCUT2D eigenvalue weighted by Gasteiger charge is 2.28. The van der Waals surface area contributed by atoms with Crippen molar-refractivity contribution in [2.45, 2.75) is 19.4 Å². The van der Waals surface area contributed by atoms with E-state index in [9.17, 15) is 4.79 Å². The summed E-state index contributed by atoms with van der Waals surface area (Å²) in [6, 6.07) is 6.08. The van der Waals surface area contributed by atoms with E-state index in [1.807, 2.05) is 31.5 Å². The van der Waals surface area contributed by atoms with Crippen molar-refractivity contribution in [3.63, 3.8) is 0 Å². The second kappa shape index (κ2) is 8.36. The Balaban J connectivity index is 1.44. The van der Waals surface area contributed by atoms with Gasteiger partial charge in [-0.1, -0.05) is 11.6 Å². The van der Waals surface area contributed by atoms with Gasteiger partial charge in [-0.3, -0.25) is 9.78 Å². The Morgan fingerprint density at radius 2 is 2.10 bits per heavy atom. The number of carbonyl (C=O) groups is 1. The van der Waals surface area contributed by atoms with Crippen LogP contribution < -0.4 is 20.3 Å². The van der Waals surface area contributed by atoms with E-state index in [1.165, 1.54) is 0 Å². The summed E-state index contributed by atoms with van der Waals surface area (Å²) in [7, 11) is 0. The number of ether oxygens (including phenoxy) is 1. The molecule has 3 aromatic heterocycles. The van der Waals surface area contributed by atoms with Crippen LogP contribution in [0.3, 0.4) is 0 Å². The van der Waals surface area contributed by atoms with E-state index in [0.717, 1.165) is 43.1 Å². The van der Waals surface area contributed by atoms with Crippen LogP contribution in [-0.4, -0.2) is 59.3 Å². The molecule has 0 aliphatic carbocycles. The summed E-state index contributed by atoms with van der Waals surface area (Å²) in [5.41, 5.74) is 3.56. The number of fused-ring (bicyclic) bond motifs is 1. The lowest BCUT2D eigenvalue weighted by Crippen LogP contribution is -2.43. The van der Waals surface area contributed by atoms with Gasteiger partial charge in [-0.15, -0.1) is 0 Å². The summed E-state index contributed by atoms with van der Waals surface area (Å²) in [5.74, 6) is 0.824. The van der Waals surface area contributed by atoms with Crippen LogP contribution in [0.4, 0.5) is 5.69 Å².